The zero-order valence-electron chi connectivity index (χ0n) is 21.6. The van der Waals surface area contributed by atoms with Crippen LogP contribution in [0.1, 0.15) is 35.5 Å². The van der Waals surface area contributed by atoms with Gasteiger partial charge in [0.1, 0.15) is 12.0 Å². The summed E-state index contributed by atoms with van der Waals surface area (Å²) in [7, 11) is -3.82. The van der Waals surface area contributed by atoms with Gasteiger partial charge in [0.05, 0.1) is 28.4 Å². The number of benzene rings is 2. The number of amides is 1. The van der Waals surface area contributed by atoms with Crippen LogP contribution < -0.4 is 10.9 Å². The number of phenolic OH excluding ortho intramolecular Hbond substituents is 1. The molecule has 2 aromatic carbocycles. The number of aliphatic hydroxyl groups excluding tert-OH is 1. The first kappa shape index (κ1) is 27.7. The number of sulfone groups is 1. The van der Waals surface area contributed by atoms with Crippen LogP contribution in [0.3, 0.4) is 0 Å². The second-order valence-corrected chi connectivity index (χ2v) is 12.1. The Hall–Kier alpha value is -4.29. The second kappa shape index (κ2) is 10.8. The molecule has 0 aliphatic carbocycles. The summed E-state index contributed by atoms with van der Waals surface area (Å²) >= 11 is 0. The van der Waals surface area contributed by atoms with Crippen molar-refractivity contribution >= 4 is 15.7 Å². The number of phenols is 1. The Balaban J connectivity index is 1.55. The number of para-hydroxylation sites is 1. The number of hydrogen-bond acceptors (Lipinski definition) is 8. The first-order valence-corrected chi connectivity index (χ1v) is 13.9. The Kier molecular flexibility index (Phi) is 7.70. The number of hydrogen-bond donors (Lipinski definition) is 3. The summed E-state index contributed by atoms with van der Waals surface area (Å²) in [6.07, 6.45) is 3.71. The van der Waals surface area contributed by atoms with Gasteiger partial charge in [-0.3, -0.25) is 14.2 Å². The van der Waals surface area contributed by atoms with Crippen LogP contribution in [0, 0.1) is 6.92 Å². The third kappa shape index (κ3) is 5.76. The van der Waals surface area contributed by atoms with Gasteiger partial charge in [-0.2, -0.15) is 15.0 Å². The highest BCUT2D eigenvalue weighted by atomic mass is 32.2. The van der Waals surface area contributed by atoms with E-state index in [4.69, 9.17) is 0 Å². The minimum absolute atomic E-state index is 0.00903. The van der Waals surface area contributed by atoms with Crippen molar-refractivity contribution in [2.75, 3.05) is 12.8 Å². The fraction of sp³-hybridized carbons (Fsp3) is 0.259. The fourth-order valence-corrected chi connectivity index (χ4v) is 4.98. The molecule has 0 aliphatic heterocycles. The molecule has 204 valence electrons. The van der Waals surface area contributed by atoms with Crippen LogP contribution in [0.2, 0.25) is 0 Å². The maximum absolute atomic E-state index is 13.2. The molecule has 12 heteroatoms. The van der Waals surface area contributed by atoms with Crippen LogP contribution in [-0.4, -0.2) is 61.6 Å². The molecule has 2 unspecified atom stereocenters. The maximum atomic E-state index is 13.2. The van der Waals surface area contributed by atoms with E-state index >= 15 is 0 Å². The number of pyridine rings is 1. The van der Waals surface area contributed by atoms with Gasteiger partial charge < -0.3 is 15.5 Å². The summed E-state index contributed by atoms with van der Waals surface area (Å²) in [6.45, 7) is 2.67. The Bertz CT molecular complexity index is 1650. The van der Waals surface area contributed by atoms with E-state index < -0.39 is 32.3 Å². The first-order valence-electron chi connectivity index (χ1n) is 12.0. The number of rotatable bonds is 9. The van der Waals surface area contributed by atoms with Crippen LogP contribution in [-0.2, 0) is 9.84 Å². The summed E-state index contributed by atoms with van der Waals surface area (Å²) in [4.78, 5) is 27.2. The van der Waals surface area contributed by atoms with E-state index in [1.54, 1.807) is 37.5 Å². The zero-order valence-corrected chi connectivity index (χ0v) is 22.5. The van der Waals surface area contributed by atoms with Crippen molar-refractivity contribution in [1.82, 2.24) is 24.9 Å². The number of nitrogens with one attached hydrogen (secondary N) is 1. The molecule has 4 rings (SSSR count). The van der Waals surface area contributed by atoms with Crippen LogP contribution in [0.4, 0.5) is 0 Å². The highest BCUT2D eigenvalue weighted by molar-refractivity contribution is 7.92. The van der Waals surface area contributed by atoms with Crippen molar-refractivity contribution in [2.45, 2.75) is 31.2 Å². The molecule has 4 aromatic rings. The normalized spacial score (nSPS) is 13.9. The number of aromatic hydroxyl groups is 1. The minimum Gasteiger partial charge on any atom is -0.507 e. The van der Waals surface area contributed by atoms with Gasteiger partial charge in [-0.1, -0.05) is 24.3 Å². The van der Waals surface area contributed by atoms with Crippen LogP contribution in [0.5, 0.6) is 5.75 Å². The average molecular weight is 552 g/mol. The molecule has 0 saturated carbocycles. The summed E-state index contributed by atoms with van der Waals surface area (Å²) in [5, 5.41) is 31.6. The highest BCUT2D eigenvalue weighted by Gasteiger charge is 2.39. The third-order valence-electron chi connectivity index (χ3n) is 6.79. The van der Waals surface area contributed by atoms with Gasteiger partial charge in [0, 0.05) is 31.0 Å². The van der Waals surface area contributed by atoms with E-state index in [0.29, 0.717) is 11.1 Å². The predicted octanol–water partition coefficient (Wildman–Crippen LogP) is 2.22. The van der Waals surface area contributed by atoms with Gasteiger partial charge in [0.15, 0.2) is 9.84 Å². The van der Waals surface area contributed by atoms with Crippen molar-refractivity contribution in [1.29, 1.82) is 0 Å². The molecule has 11 nitrogen and oxygen atoms in total. The van der Waals surface area contributed by atoms with Crippen LogP contribution >= 0.6 is 0 Å². The van der Waals surface area contributed by atoms with E-state index in [-0.39, 0.29) is 24.3 Å². The molecule has 0 fully saturated rings. The van der Waals surface area contributed by atoms with Gasteiger partial charge in [-0.05, 0) is 55.3 Å². The lowest BCUT2D eigenvalue weighted by Crippen LogP contribution is -2.48. The van der Waals surface area contributed by atoms with Crippen molar-refractivity contribution < 1.29 is 23.4 Å². The second-order valence-electron chi connectivity index (χ2n) is 9.54. The predicted molar refractivity (Wildman–Crippen MR) is 145 cm³/mol. The largest absolute Gasteiger partial charge is 0.507 e. The van der Waals surface area contributed by atoms with Crippen molar-refractivity contribution in [3.8, 4) is 22.6 Å². The molecule has 3 N–H and O–H groups in total. The minimum atomic E-state index is -3.82. The Morgan fingerprint density at radius 3 is 2.33 bits per heavy atom. The molecule has 0 radical (unpaired) electrons. The molecule has 39 heavy (non-hydrogen) atoms. The Morgan fingerprint density at radius 1 is 1.08 bits per heavy atom. The molecular formula is C27H29N5O6S. The highest BCUT2D eigenvalue weighted by Crippen LogP contribution is 2.28. The smallest absolute Gasteiger partial charge is 0.256 e. The first-order chi connectivity index (χ1) is 18.4. The Labute approximate surface area is 225 Å². The quantitative estimate of drug-likeness (QED) is 0.286. The maximum Gasteiger partial charge on any atom is 0.256 e. The molecule has 2 atom stereocenters. The molecule has 0 spiro atoms. The third-order valence-corrected chi connectivity index (χ3v) is 8.89. The van der Waals surface area contributed by atoms with Gasteiger partial charge in [-0.25, -0.2) is 8.42 Å². The number of carbonyl (C=O) groups is 1. The SMILES string of the molecule is Cc1c(-c2ccc(-n3nccn3)cc2)ccn(C(O)CC(C)(CNC(=O)c2ccccc2O)S(C)(=O)=O)c1=O. The molecule has 0 aliphatic rings. The molecule has 2 aromatic heterocycles. The van der Waals surface area contributed by atoms with E-state index in [9.17, 15) is 28.2 Å². The lowest BCUT2D eigenvalue weighted by Gasteiger charge is -2.31. The molecular weight excluding hydrogens is 522 g/mol. The van der Waals surface area contributed by atoms with Crippen molar-refractivity contribution in [3.05, 3.63) is 94.7 Å². The van der Waals surface area contributed by atoms with E-state index in [0.717, 1.165) is 22.1 Å². The van der Waals surface area contributed by atoms with Gasteiger partial charge in [-0.15, -0.1) is 0 Å². The lowest BCUT2D eigenvalue weighted by molar-refractivity contribution is 0.0765. The summed E-state index contributed by atoms with van der Waals surface area (Å²) in [5.74, 6) is -0.907. The lowest BCUT2D eigenvalue weighted by atomic mass is 10.0. The van der Waals surface area contributed by atoms with Gasteiger partial charge >= 0.3 is 0 Å². The number of carbonyl (C=O) groups excluding carboxylic acids is 1. The number of nitrogens with zero attached hydrogens (tertiary/aromatic N) is 4. The van der Waals surface area contributed by atoms with Crippen LogP contribution in [0.15, 0.2) is 78.0 Å². The molecule has 0 saturated heterocycles. The van der Waals surface area contributed by atoms with Crippen molar-refractivity contribution in [2.24, 2.45) is 0 Å². The van der Waals surface area contributed by atoms with Crippen LogP contribution in [0.25, 0.3) is 16.8 Å². The monoisotopic (exact) mass is 551 g/mol. The Morgan fingerprint density at radius 2 is 1.72 bits per heavy atom. The standard InChI is InChI=1S/C27H29N5O6S/c1-18-21(19-8-10-20(11-9-19)32-29-13-14-30-32)12-15-31(26(18)36)24(34)16-27(2,39(3,37)38)17-28-25(35)22-6-4-5-7-23(22)33/h4-15,24,33-34H,16-17H2,1-3H3,(H,28,35). The zero-order chi connectivity index (χ0) is 28.4. The van der Waals surface area contributed by atoms with Gasteiger partial charge in [0.2, 0.25) is 0 Å². The summed E-state index contributed by atoms with van der Waals surface area (Å²) in [6, 6.07) is 14.8. The van der Waals surface area contributed by atoms with E-state index in [1.165, 1.54) is 30.0 Å². The molecule has 1 amide bonds. The summed E-state index contributed by atoms with van der Waals surface area (Å²) < 4.78 is 24.9. The fourth-order valence-electron chi connectivity index (χ4n) is 4.19. The van der Waals surface area contributed by atoms with E-state index in [1.807, 2.05) is 24.3 Å². The topological polar surface area (TPSA) is 156 Å². The van der Waals surface area contributed by atoms with Crippen molar-refractivity contribution in [3.63, 3.8) is 0 Å². The molecule has 2 heterocycles. The number of aliphatic hydroxyl groups is 1. The molecule has 0 bridgehead atoms. The number of aromatic nitrogens is 4. The summed E-state index contributed by atoms with van der Waals surface area (Å²) in [5.41, 5.74) is 2.06. The average Bonchev–Trinajstić information content (AvgIpc) is 3.44. The van der Waals surface area contributed by atoms with Gasteiger partial charge in [0.25, 0.3) is 11.5 Å². The van der Waals surface area contributed by atoms with E-state index in [2.05, 4.69) is 15.5 Å².